The molecule has 3 aromatic rings. The van der Waals surface area contributed by atoms with Crippen molar-refractivity contribution in [1.82, 2.24) is 4.98 Å². The summed E-state index contributed by atoms with van der Waals surface area (Å²) in [4.78, 5) is 18.4. The Kier molecular flexibility index (Phi) is 5.59. The summed E-state index contributed by atoms with van der Waals surface area (Å²) in [7, 11) is 0. The quantitative estimate of drug-likeness (QED) is 0.445. The molecule has 0 bridgehead atoms. The highest BCUT2D eigenvalue weighted by Gasteiger charge is 2.44. The van der Waals surface area contributed by atoms with Gasteiger partial charge in [-0.25, -0.2) is 13.8 Å². The molecule has 1 aromatic heterocycles. The molecule has 1 saturated carbocycles. The summed E-state index contributed by atoms with van der Waals surface area (Å²) < 4.78 is 26.9. The molecular formula is C26H27F2N5O. The Morgan fingerprint density at radius 2 is 1.65 bits per heavy atom. The molecule has 0 spiro atoms. The van der Waals surface area contributed by atoms with E-state index >= 15 is 0 Å². The lowest BCUT2D eigenvalue weighted by atomic mass is 10.0. The first kappa shape index (κ1) is 22.1. The van der Waals surface area contributed by atoms with Crippen molar-refractivity contribution in [2.75, 3.05) is 28.6 Å². The van der Waals surface area contributed by atoms with Crippen molar-refractivity contribution in [2.24, 2.45) is 5.73 Å². The highest BCUT2D eigenvalue weighted by Crippen LogP contribution is 2.48. The van der Waals surface area contributed by atoms with E-state index in [-0.39, 0.29) is 18.4 Å². The molecule has 1 aliphatic carbocycles. The molecule has 176 valence electrons. The summed E-state index contributed by atoms with van der Waals surface area (Å²) in [6.45, 7) is 0.683. The molecule has 2 heterocycles. The van der Waals surface area contributed by atoms with Gasteiger partial charge in [-0.15, -0.1) is 0 Å². The number of primary amides is 1. The van der Waals surface area contributed by atoms with E-state index in [9.17, 15) is 13.6 Å². The topological polar surface area (TPSA) is 83.3 Å². The number of halogens is 2. The molecule has 1 amide bonds. The van der Waals surface area contributed by atoms with Gasteiger partial charge in [-0.1, -0.05) is 30.3 Å². The second-order valence-corrected chi connectivity index (χ2v) is 9.07. The number of alkyl halides is 2. The van der Waals surface area contributed by atoms with Gasteiger partial charge < -0.3 is 21.3 Å². The summed E-state index contributed by atoms with van der Waals surface area (Å²) in [6, 6.07) is 19.6. The Bertz CT molecular complexity index is 1170. The predicted molar refractivity (Wildman–Crippen MR) is 130 cm³/mol. The Balaban J connectivity index is 1.32. The lowest BCUT2D eigenvalue weighted by molar-refractivity contribution is -0.0220. The normalized spacial score (nSPS) is 18.2. The third kappa shape index (κ3) is 4.66. The fourth-order valence-electron chi connectivity index (χ4n) is 4.44. The van der Waals surface area contributed by atoms with E-state index in [0.29, 0.717) is 30.2 Å². The Morgan fingerprint density at radius 3 is 2.26 bits per heavy atom. The minimum atomic E-state index is -2.56. The third-order valence-corrected chi connectivity index (χ3v) is 6.62. The molecule has 0 unspecified atom stereocenters. The number of carbonyl (C=O) groups excluding carboxylic acids is 1. The molecule has 1 saturated heterocycles. The summed E-state index contributed by atoms with van der Waals surface area (Å²) in [5, 5.41) is 6.79. The van der Waals surface area contributed by atoms with Crippen LogP contribution in [0.1, 0.15) is 41.6 Å². The molecule has 4 N–H and O–H groups in total. The minimum Gasteiger partial charge on any atom is -0.375 e. The van der Waals surface area contributed by atoms with E-state index in [1.807, 2.05) is 47.4 Å². The standard InChI is InChI=1S/C26H27F2N5O/c27-26(28)12-14-33(15-13-26)20-8-6-19(7-9-20)31-23-16-22(21(17-30-23)24(29)34)32-25(10-11-25)18-4-2-1-3-5-18/h1-9,16-17H,10-15H2,(H2,29,34)(H2,30,31,32). The number of rotatable bonds is 7. The number of aromatic nitrogens is 1. The Labute approximate surface area is 197 Å². The van der Waals surface area contributed by atoms with Gasteiger partial charge >= 0.3 is 0 Å². The first-order valence-electron chi connectivity index (χ1n) is 11.5. The molecule has 8 heteroatoms. The van der Waals surface area contributed by atoms with E-state index in [1.54, 1.807) is 6.07 Å². The molecule has 2 aromatic carbocycles. The fraction of sp³-hybridized carbons (Fsp3) is 0.308. The van der Waals surface area contributed by atoms with Crippen molar-refractivity contribution in [3.8, 4) is 0 Å². The highest BCUT2D eigenvalue weighted by molar-refractivity contribution is 5.99. The van der Waals surface area contributed by atoms with Crippen LogP contribution in [0.15, 0.2) is 66.9 Å². The van der Waals surface area contributed by atoms with Crippen molar-refractivity contribution in [2.45, 2.75) is 37.1 Å². The largest absolute Gasteiger partial charge is 0.375 e. The van der Waals surface area contributed by atoms with Crippen molar-refractivity contribution in [3.63, 3.8) is 0 Å². The number of hydrogen-bond donors (Lipinski definition) is 3. The zero-order chi connectivity index (χ0) is 23.8. The number of benzene rings is 2. The van der Waals surface area contributed by atoms with Crippen LogP contribution in [0.3, 0.4) is 0 Å². The predicted octanol–water partition coefficient (Wildman–Crippen LogP) is 5.26. The van der Waals surface area contributed by atoms with Crippen LogP contribution in [-0.2, 0) is 5.54 Å². The van der Waals surface area contributed by atoms with Gasteiger partial charge in [0.1, 0.15) is 5.82 Å². The van der Waals surface area contributed by atoms with Crippen LogP contribution in [0.5, 0.6) is 0 Å². The van der Waals surface area contributed by atoms with Crippen LogP contribution in [0.2, 0.25) is 0 Å². The smallest absolute Gasteiger partial charge is 0.252 e. The number of nitrogens with two attached hydrogens (primary N) is 1. The second kappa shape index (κ2) is 8.59. The number of hydrogen-bond acceptors (Lipinski definition) is 5. The van der Waals surface area contributed by atoms with E-state index < -0.39 is 11.8 Å². The number of nitrogens with one attached hydrogen (secondary N) is 2. The Hall–Kier alpha value is -3.68. The molecule has 1 aliphatic heterocycles. The van der Waals surface area contributed by atoms with E-state index in [1.165, 1.54) is 11.8 Å². The van der Waals surface area contributed by atoms with Gasteiger partial charge in [0.15, 0.2) is 0 Å². The summed E-state index contributed by atoms with van der Waals surface area (Å²) in [5.41, 5.74) is 9.26. The van der Waals surface area contributed by atoms with Gasteiger partial charge in [-0.05, 0) is 42.7 Å². The number of amides is 1. The summed E-state index contributed by atoms with van der Waals surface area (Å²) in [5.74, 6) is -2.53. The molecule has 2 aliphatic rings. The maximum atomic E-state index is 13.4. The first-order valence-corrected chi connectivity index (χ1v) is 11.5. The SMILES string of the molecule is NC(=O)c1cnc(Nc2ccc(N3CCC(F)(F)CC3)cc2)cc1NC1(c2ccccc2)CC1. The van der Waals surface area contributed by atoms with Crippen molar-refractivity contribution in [3.05, 3.63) is 78.0 Å². The number of carbonyl (C=O) groups is 1. The van der Waals surface area contributed by atoms with E-state index in [0.717, 1.165) is 24.2 Å². The number of pyridine rings is 1. The van der Waals surface area contributed by atoms with Crippen molar-refractivity contribution in [1.29, 1.82) is 0 Å². The third-order valence-electron chi connectivity index (χ3n) is 6.62. The molecule has 2 fully saturated rings. The molecule has 34 heavy (non-hydrogen) atoms. The van der Waals surface area contributed by atoms with Gasteiger partial charge in [0.05, 0.1) is 16.8 Å². The van der Waals surface area contributed by atoms with Gasteiger partial charge in [-0.3, -0.25) is 4.79 Å². The molecular weight excluding hydrogens is 436 g/mol. The molecule has 0 atom stereocenters. The highest BCUT2D eigenvalue weighted by atomic mass is 19.3. The van der Waals surface area contributed by atoms with E-state index in [4.69, 9.17) is 5.73 Å². The summed E-state index contributed by atoms with van der Waals surface area (Å²) >= 11 is 0. The van der Waals surface area contributed by atoms with Crippen molar-refractivity contribution >= 4 is 28.8 Å². The maximum absolute atomic E-state index is 13.4. The van der Waals surface area contributed by atoms with Crippen LogP contribution in [-0.4, -0.2) is 29.9 Å². The van der Waals surface area contributed by atoms with E-state index in [2.05, 4.69) is 27.8 Å². The van der Waals surface area contributed by atoms with Crippen LogP contribution < -0.4 is 21.3 Å². The van der Waals surface area contributed by atoms with Crippen LogP contribution in [0.4, 0.5) is 31.7 Å². The zero-order valence-corrected chi connectivity index (χ0v) is 18.7. The van der Waals surface area contributed by atoms with Crippen LogP contribution >= 0.6 is 0 Å². The lowest BCUT2D eigenvalue weighted by Crippen LogP contribution is -2.39. The number of anilines is 4. The van der Waals surface area contributed by atoms with Gasteiger partial charge in [0, 0.05) is 49.6 Å². The maximum Gasteiger partial charge on any atom is 0.252 e. The number of nitrogens with zero attached hydrogens (tertiary/aromatic N) is 2. The first-order chi connectivity index (χ1) is 16.3. The molecule has 6 nitrogen and oxygen atoms in total. The average Bonchev–Trinajstić information content (AvgIpc) is 3.61. The van der Waals surface area contributed by atoms with Crippen LogP contribution in [0, 0.1) is 0 Å². The zero-order valence-electron chi connectivity index (χ0n) is 18.7. The fourth-order valence-corrected chi connectivity index (χ4v) is 4.44. The second-order valence-electron chi connectivity index (χ2n) is 9.07. The number of piperidine rings is 1. The molecule has 5 rings (SSSR count). The monoisotopic (exact) mass is 463 g/mol. The molecule has 0 radical (unpaired) electrons. The van der Waals surface area contributed by atoms with Crippen molar-refractivity contribution < 1.29 is 13.6 Å². The van der Waals surface area contributed by atoms with Gasteiger partial charge in [-0.2, -0.15) is 0 Å². The average molecular weight is 464 g/mol. The Morgan fingerprint density at radius 1 is 0.971 bits per heavy atom. The minimum absolute atomic E-state index is 0.122. The van der Waals surface area contributed by atoms with Gasteiger partial charge in [0.25, 0.3) is 11.8 Å². The van der Waals surface area contributed by atoms with Gasteiger partial charge in [0.2, 0.25) is 0 Å². The lowest BCUT2D eigenvalue weighted by Gasteiger charge is -2.33. The van der Waals surface area contributed by atoms with Crippen LogP contribution in [0.25, 0.3) is 0 Å². The summed E-state index contributed by atoms with van der Waals surface area (Å²) in [6.07, 6.45) is 3.16.